The van der Waals surface area contributed by atoms with E-state index in [0.717, 1.165) is 24.1 Å². The van der Waals surface area contributed by atoms with Gasteiger partial charge in [0.1, 0.15) is 6.54 Å². The number of carbonyl (C=O) groups is 1. The Morgan fingerprint density at radius 2 is 2.11 bits per heavy atom. The molecular formula is C20H22N6O2. The first-order chi connectivity index (χ1) is 13.5. The Bertz CT molecular complexity index is 1090. The van der Waals surface area contributed by atoms with Crippen LogP contribution in [0.25, 0.3) is 10.9 Å². The molecule has 144 valence electrons. The van der Waals surface area contributed by atoms with E-state index in [4.69, 9.17) is 0 Å². The van der Waals surface area contributed by atoms with Gasteiger partial charge >= 0.3 is 0 Å². The number of aryl methyl sites for hydroxylation is 1. The highest BCUT2D eigenvalue weighted by Gasteiger charge is 2.22. The zero-order chi connectivity index (χ0) is 19.7. The quantitative estimate of drug-likeness (QED) is 0.726. The van der Waals surface area contributed by atoms with E-state index in [9.17, 15) is 9.59 Å². The van der Waals surface area contributed by atoms with Crippen molar-refractivity contribution in [1.82, 2.24) is 24.8 Å². The van der Waals surface area contributed by atoms with Gasteiger partial charge in [0.25, 0.3) is 5.56 Å². The molecular weight excluding hydrogens is 356 g/mol. The lowest BCUT2D eigenvalue weighted by molar-refractivity contribution is -0.122. The number of fused-ring (bicyclic) bond motifs is 2. The third-order valence-electron chi connectivity index (χ3n) is 4.95. The summed E-state index contributed by atoms with van der Waals surface area (Å²) in [4.78, 5) is 40.1. The van der Waals surface area contributed by atoms with Crippen LogP contribution in [0.2, 0.25) is 0 Å². The van der Waals surface area contributed by atoms with E-state index in [-0.39, 0.29) is 24.1 Å². The Balaban J connectivity index is 1.44. The third kappa shape index (κ3) is 3.58. The largest absolute Gasteiger partial charge is 0.351 e. The predicted octanol–water partition coefficient (Wildman–Crippen LogP) is 0.926. The zero-order valence-corrected chi connectivity index (χ0v) is 15.9. The summed E-state index contributed by atoms with van der Waals surface area (Å²) < 4.78 is 1.35. The van der Waals surface area contributed by atoms with Crippen LogP contribution in [0.1, 0.15) is 17.7 Å². The Labute approximate surface area is 162 Å². The number of carbonyl (C=O) groups excluding carboxylic acids is 1. The molecule has 0 saturated heterocycles. The fourth-order valence-electron chi connectivity index (χ4n) is 3.48. The van der Waals surface area contributed by atoms with Crippen LogP contribution in [0.4, 0.5) is 5.95 Å². The van der Waals surface area contributed by atoms with Gasteiger partial charge in [-0.2, -0.15) is 0 Å². The monoisotopic (exact) mass is 378 g/mol. The molecule has 4 rings (SSSR count). The average molecular weight is 378 g/mol. The normalized spacial score (nSPS) is 15.9. The van der Waals surface area contributed by atoms with Crippen LogP contribution in [-0.2, 0) is 24.2 Å². The van der Waals surface area contributed by atoms with Crippen molar-refractivity contribution in [1.29, 1.82) is 0 Å². The fourth-order valence-corrected chi connectivity index (χ4v) is 3.48. The standard InChI is InChI=1S/C20H22N6O2/c1-25(2)20-21-10-13-9-14(7-8-16(13)24-20)23-18(27)11-26-12-22-17-6-4-3-5-15(17)19(26)28/h3-6,10,12,14H,7-9,11H2,1-2H3,(H,23,27)/t14-/m1/s1. The van der Waals surface area contributed by atoms with E-state index in [0.29, 0.717) is 23.3 Å². The zero-order valence-electron chi connectivity index (χ0n) is 15.9. The minimum Gasteiger partial charge on any atom is -0.351 e. The molecule has 1 aliphatic rings. The van der Waals surface area contributed by atoms with Crippen molar-refractivity contribution in [2.45, 2.75) is 31.8 Å². The lowest BCUT2D eigenvalue weighted by Crippen LogP contribution is -2.42. The molecule has 0 radical (unpaired) electrons. The van der Waals surface area contributed by atoms with E-state index in [1.165, 1.54) is 10.9 Å². The number of nitrogens with one attached hydrogen (secondary N) is 1. The molecule has 0 bridgehead atoms. The summed E-state index contributed by atoms with van der Waals surface area (Å²) in [6, 6.07) is 7.14. The highest BCUT2D eigenvalue weighted by atomic mass is 16.2. The van der Waals surface area contributed by atoms with Crippen LogP contribution in [0.5, 0.6) is 0 Å². The number of rotatable bonds is 4. The second-order valence-corrected chi connectivity index (χ2v) is 7.24. The van der Waals surface area contributed by atoms with Crippen LogP contribution in [0.3, 0.4) is 0 Å². The Morgan fingerprint density at radius 3 is 2.93 bits per heavy atom. The second kappa shape index (κ2) is 7.38. The van der Waals surface area contributed by atoms with E-state index in [1.807, 2.05) is 31.3 Å². The van der Waals surface area contributed by atoms with Crippen LogP contribution >= 0.6 is 0 Å². The van der Waals surface area contributed by atoms with Gasteiger partial charge < -0.3 is 10.2 Å². The van der Waals surface area contributed by atoms with Gasteiger partial charge in [-0.3, -0.25) is 14.2 Å². The second-order valence-electron chi connectivity index (χ2n) is 7.24. The summed E-state index contributed by atoms with van der Waals surface area (Å²) in [7, 11) is 3.83. The van der Waals surface area contributed by atoms with E-state index in [2.05, 4.69) is 20.3 Å². The van der Waals surface area contributed by atoms with Crippen molar-refractivity contribution in [3.05, 3.63) is 58.4 Å². The van der Waals surface area contributed by atoms with Crippen molar-refractivity contribution >= 4 is 22.8 Å². The topological polar surface area (TPSA) is 93.0 Å². The van der Waals surface area contributed by atoms with Crippen molar-refractivity contribution in [3.8, 4) is 0 Å². The van der Waals surface area contributed by atoms with Crippen LogP contribution in [0, 0.1) is 0 Å². The van der Waals surface area contributed by atoms with Gasteiger partial charge in [-0.1, -0.05) is 12.1 Å². The van der Waals surface area contributed by atoms with Gasteiger partial charge in [-0.15, -0.1) is 0 Å². The lowest BCUT2D eigenvalue weighted by Gasteiger charge is -2.25. The SMILES string of the molecule is CN(C)c1ncc2c(n1)CC[C@@H](NC(=O)Cn1cnc3ccccc3c1=O)C2. The number of benzene rings is 1. The summed E-state index contributed by atoms with van der Waals surface area (Å²) in [6.07, 6.45) is 5.57. The molecule has 28 heavy (non-hydrogen) atoms. The maximum absolute atomic E-state index is 12.5. The first kappa shape index (κ1) is 18.1. The molecule has 8 heteroatoms. The highest BCUT2D eigenvalue weighted by Crippen LogP contribution is 2.21. The summed E-state index contributed by atoms with van der Waals surface area (Å²) >= 11 is 0. The number of para-hydroxylation sites is 1. The van der Waals surface area contributed by atoms with Crippen LogP contribution in [-0.4, -0.2) is 45.6 Å². The number of hydrogen-bond donors (Lipinski definition) is 1. The summed E-state index contributed by atoms with van der Waals surface area (Å²) in [5.41, 5.74) is 2.52. The summed E-state index contributed by atoms with van der Waals surface area (Å²) in [6.45, 7) is -0.0455. The Morgan fingerprint density at radius 1 is 1.29 bits per heavy atom. The molecule has 2 heterocycles. The molecule has 1 N–H and O–H groups in total. The van der Waals surface area contributed by atoms with Crippen LogP contribution in [0.15, 0.2) is 41.6 Å². The van der Waals surface area contributed by atoms with Crippen molar-refractivity contribution in [2.75, 3.05) is 19.0 Å². The Hall–Kier alpha value is -3.29. The predicted molar refractivity (Wildman–Crippen MR) is 106 cm³/mol. The summed E-state index contributed by atoms with van der Waals surface area (Å²) in [5, 5.41) is 3.54. The maximum Gasteiger partial charge on any atom is 0.261 e. The number of amides is 1. The molecule has 2 aromatic heterocycles. The van der Waals surface area contributed by atoms with Crippen molar-refractivity contribution in [2.24, 2.45) is 0 Å². The lowest BCUT2D eigenvalue weighted by atomic mass is 9.93. The average Bonchev–Trinajstić information content (AvgIpc) is 2.70. The van der Waals surface area contributed by atoms with Gasteiger partial charge in [-0.25, -0.2) is 15.0 Å². The number of anilines is 1. The van der Waals surface area contributed by atoms with Gasteiger partial charge in [-0.05, 0) is 37.0 Å². The molecule has 0 unspecified atom stereocenters. The smallest absolute Gasteiger partial charge is 0.261 e. The van der Waals surface area contributed by atoms with Crippen LogP contribution < -0.4 is 15.8 Å². The first-order valence-corrected chi connectivity index (χ1v) is 9.27. The molecule has 1 aliphatic carbocycles. The number of hydrogen-bond acceptors (Lipinski definition) is 6. The minimum atomic E-state index is -0.209. The first-order valence-electron chi connectivity index (χ1n) is 9.27. The van der Waals surface area contributed by atoms with Gasteiger partial charge in [0.05, 0.1) is 17.2 Å². The number of aromatic nitrogens is 4. The summed E-state index contributed by atoms with van der Waals surface area (Å²) in [5.74, 6) is 0.503. The van der Waals surface area contributed by atoms with E-state index < -0.39 is 0 Å². The highest BCUT2D eigenvalue weighted by molar-refractivity contribution is 5.79. The molecule has 0 fully saturated rings. The molecule has 1 aromatic carbocycles. The van der Waals surface area contributed by atoms with E-state index in [1.54, 1.807) is 18.2 Å². The molecule has 0 spiro atoms. The number of nitrogens with zero attached hydrogens (tertiary/aromatic N) is 5. The third-order valence-corrected chi connectivity index (χ3v) is 4.95. The Kier molecular flexibility index (Phi) is 4.77. The molecule has 1 amide bonds. The fraction of sp³-hybridized carbons (Fsp3) is 0.350. The molecule has 8 nitrogen and oxygen atoms in total. The molecule has 1 atom stereocenters. The van der Waals surface area contributed by atoms with Gasteiger partial charge in [0.2, 0.25) is 11.9 Å². The van der Waals surface area contributed by atoms with Crippen molar-refractivity contribution < 1.29 is 4.79 Å². The molecule has 0 saturated carbocycles. The minimum absolute atomic E-state index is 0.0120. The molecule has 0 aliphatic heterocycles. The molecule has 3 aromatic rings. The van der Waals surface area contributed by atoms with Gasteiger partial charge in [0, 0.05) is 32.0 Å². The van der Waals surface area contributed by atoms with Gasteiger partial charge in [0.15, 0.2) is 0 Å². The van der Waals surface area contributed by atoms with Crippen molar-refractivity contribution in [3.63, 3.8) is 0 Å². The van der Waals surface area contributed by atoms with E-state index >= 15 is 0 Å². The maximum atomic E-state index is 12.5.